The Labute approximate surface area is 129 Å². The molecule has 0 spiro atoms. The van der Waals surface area contributed by atoms with Crippen LogP contribution in [0.25, 0.3) is 0 Å². The van der Waals surface area contributed by atoms with Gasteiger partial charge in [0.2, 0.25) is 5.16 Å². The third-order valence-corrected chi connectivity index (χ3v) is 5.21. The lowest BCUT2D eigenvalue weighted by atomic mass is 10.0. The predicted molar refractivity (Wildman–Crippen MR) is 84.1 cm³/mol. The number of nitrogens with zero attached hydrogens (tertiary/aromatic N) is 4. The summed E-state index contributed by atoms with van der Waals surface area (Å²) in [7, 11) is 0. The molecule has 1 aromatic heterocycles. The van der Waals surface area contributed by atoms with E-state index in [0.717, 1.165) is 11.6 Å². The molecule has 2 atom stereocenters. The fourth-order valence-electron chi connectivity index (χ4n) is 2.30. The Bertz CT molecular complexity index is 590. The van der Waals surface area contributed by atoms with E-state index in [2.05, 4.69) is 53.6 Å². The first-order valence-corrected chi connectivity index (χ1v) is 8.33. The van der Waals surface area contributed by atoms with Crippen LogP contribution in [-0.4, -0.2) is 26.2 Å². The normalized spacial score (nSPS) is 17.7. The molecular formula is C15H21N5S. The summed E-state index contributed by atoms with van der Waals surface area (Å²) < 4.78 is 1.95. The van der Waals surface area contributed by atoms with Crippen molar-refractivity contribution in [2.75, 3.05) is 0 Å². The number of nitrogens with two attached hydrogens (primary N) is 1. The van der Waals surface area contributed by atoms with E-state index in [-0.39, 0.29) is 11.3 Å². The number of hydrogen-bond donors (Lipinski definition) is 1. The topological polar surface area (TPSA) is 69.6 Å². The molecule has 5 nitrogen and oxygen atoms in total. The molecule has 2 unspecified atom stereocenters. The quantitative estimate of drug-likeness (QED) is 0.831. The average Bonchev–Trinajstić information content (AvgIpc) is 3.24. The van der Waals surface area contributed by atoms with Gasteiger partial charge < -0.3 is 5.73 Å². The van der Waals surface area contributed by atoms with Crippen molar-refractivity contribution in [2.45, 2.75) is 55.6 Å². The molecule has 0 bridgehead atoms. The SMILES string of the molecule is CCC(N)C(Sc1nnnn1C1CC1)c1ccc(C)cc1. The minimum Gasteiger partial charge on any atom is -0.326 e. The van der Waals surface area contributed by atoms with Gasteiger partial charge in [-0.25, -0.2) is 4.68 Å². The van der Waals surface area contributed by atoms with Gasteiger partial charge in [-0.15, -0.1) is 5.10 Å². The molecular weight excluding hydrogens is 282 g/mol. The highest BCUT2D eigenvalue weighted by atomic mass is 32.2. The summed E-state index contributed by atoms with van der Waals surface area (Å²) in [6, 6.07) is 9.16. The fourth-order valence-corrected chi connectivity index (χ4v) is 3.56. The number of aryl methyl sites for hydroxylation is 1. The molecule has 6 heteroatoms. The first kappa shape index (κ1) is 14.5. The van der Waals surface area contributed by atoms with Crippen molar-refractivity contribution in [1.29, 1.82) is 0 Å². The van der Waals surface area contributed by atoms with Gasteiger partial charge in [0.15, 0.2) is 0 Å². The van der Waals surface area contributed by atoms with Gasteiger partial charge in [0.05, 0.1) is 11.3 Å². The maximum Gasteiger partial charge on any atom is 0.210 e. The standard InChI is InChI=1S/C15H21N5S/c1-3-13(16)14(11-6-4-10(2)5-7-11)21-15-17-18-19-20(15)12-8-9-12/h4-7,12-14H,3,8-9,16H2,1-2H3. The first-order chi connectivity index (χ1) is 10.2. The number of hydrogen-bond acceptors (Lipinski definition) is 5. The highest BCUT2D eigenvalue weighted by Crippen LogP contribution is 2.41. The summed E-state index contributed by atoms with van der Waals surface area (Å²) >= 11 is 1.68. The van der Waals surface area contributed by atoms with E-state index in [1.807, 2.05) is 4.68 Å². The highest BCUT2D eigenvalue weighted by molar-refractivity contribution is 7.99. The summed E-state index contributed by atoms with van der Waals surface area (Å²) in [5.41, 5.74) is 8.85. The van der Waals surface area contributed by atoms with Gasteiger partial charge in [-0.1, -0.05) is 48.5 Å². The summed E-state index contributed by atoms with van der Waals surface area (Å²) in [6.07, 6.45) is 3.28. The third-order valence-electron chi connectivity index (χ3n) is 3.85. The van der Waals surface area contributed by atoms with Crippen LogP contribution in [0.1, 0.15) is 48.6 Å². The molecule has 2 aromatic rings. The van der Waals surface area contributed by atoms with Gasteiger partial charge in [0, 0.05) is 6.04 Å². The Balaban J connectivity index is 1.85. The molecule has 1 aliphatic rings. The monoisotopic (exact) mass is 303 g/mol. The Morgan fingerprint density at radius 3 is 2.67 bits per heavy atom. The zero-order valence-electron chi connectivity index (χ0n) is 12.4. The van der Waals surface area contributed by atoms with Crippen LogP contribution in [0.3, 0.4) is 0 Å². The fraction of sp³-hybridized carbons (Fsp3) is 0.533. The van der Waals surface area contributed by atoms with E-state index < -0.39 is 0 Å². The summed E-state index contributed by atoms with van der Waals surface area (Å²) in [5, 5.41) is 13.2. The van der Waals surface area contributed by atoms with Crippen molar-refractivity contribution in [3.63, 3.8) is 0 Å². The minimum atomic E-state index is 0.0852. The van der Waals surface area contributed by atoms with E-state index in [4.69, 9.17) is 5.73 Å². The van der Waals surface area contributed by atoms with Crippen LogP contribution < -0.4 is 5.73 Å². The summed E-state index contributed by atoms with van der Waals surface area (Å²) in [4.78, 5) is 0. The number of benzene rings is 1. The van der Waals surface area contributed by atoms with Gasteiger partial charge in [0.25, 0.3) is 0 Å². The van der Waals surface area contributed by atoms with Crippen LogP contribution in [0, 0.1) is 6.92 Å². The van der Waals surface area contributed by atoms with Crippen molar-refractivity contribution in [2.24, 2.45) is 5.73 Å². The molecule has 1 fully saturated rings. The zero-order chi connectivity index (χ0) is 14.8. The third kappa shape index (κ3) is 3.27. The van der Waals surface area contributed by atoms with Crippen molar-refractivity contribution in [1.82, 2.24) is 20.2 Å². The van der Waals surface area contributed by atoms with Gasteiger partial charge >= 0.3 is 0 Å². The summed E-state index contributed by atoms with van der Waals surface area (Å²) in [6.45, 7) is 4.22. The van der Waals surface area contributed by atoms with Crippen molar-refractivity contribution in [3.8, 4) is 0 Å². The molecule has 0 aliphatic heterocycles. The summed E-state index contributed by atoms with van der Waals surface area (Å²) in [5.74, 6) is 0. The molecule has 1 heterocycles. The molecule has 3 rings (SSSR count). The van der Waals surface area contributed by atoms with E-state index in [1.54, 1.807) is 11.8 Å². The van der Waals surface area contributed by atoms with Crippen molar-refractivity contribution >= 4 is 11.8 Å². The number of aromatic nitrogens is 4. The second kappa shape index (κ2) is 6.15. The molecule has 112 valence electrons. The second-order valence-corrected chi connectivity index (χ2v) is 6.77. The van der Waals surface area contributed by atoms with Crippen LogP contribution in [0.5, 0.6) is 0 Å². The Hall–Kier alpha value is -1.40. The number of tetrazole rings is 1. The maximum atomic E-state index is 6.35. The Morgan fingerprint density at radius 1 is 1.33 bits per heavy atom. The molecule has 0 amide bonds. The molecule has 21 heavy (non-hydrogen) atoms. The largest absolute Gasteiger partial charge is 0.326 e. The van der Waals surface area contributed by atoms with Gasteiger partial charge in [-0.3, -0.25) is 0 Å². The molecule has 1 saturated carbocycles. The van der Waals surface area contributed by atoms with Crippen molar-refractivity contribution < 1.29 is 0 Å². The smallest absolute Gasteiger partial charge is 0.210 e. The van der Waals surface area contributed by atoms with Crippen LogP contribution in [0.2, 0.25) is 0 Å². The second-order valence-electron chi connectivity index (χ2n) is 5.66. The maximum absolute atomic E-state index is 6.35. The number of thioether (sulfide) groups is 1. The van der Waals surface area contributed by atoms with Crippen LogP contribution >= 0.6 is 11.8 Å². The lowest BCUT2D eigenvalue weighted by molar-refractivity contribution is 0.561. The molecule has 0 radical (unpaired) electrons. The van der Waals surface area contributed by atoms with Crippen LogP contribution in [0.4, 0.5) is 0 Å². The molecule has 0 saturated heterocycles. The van der Waals surface area contributed by atoms with E-state index in [9.17, 15) is 0 Å². The first-order valence-electron chi connectivity index (χ1n) is 7.45. The van der Waals surface area contributed by atoms with Gasteiger partial charge in [-0.05, 0) is 42.2 Å². The average molecular weight is 303 g/mol. The number of rotatable bonds is 6. The highest BCUT2D eigenvalue weighted by Gasteiger charge is 2.30. The predicted octanol–water partition coefficient (Wildman–Crippen LogP) is 2.89. The molecule has 1 aromatic carbocycles. The van der Waals surface area contributed by atoms with Crippen molar-refractivity contribution in [3.05, 3.63) is 35.4 Å². The van der Waals surface area contributed by atoms with Crippen LogP contribution in [-0.2, 0) is 0 Å². The van der Waals surface area contributed by atoms with Gasteiger partial charge in [0.1, 0.15) is 0 Å². The molecule has 1 aliphatic carbocycles. The lowest BCUT2D eigenvalue weighted by Crippen LogP contribution is -2.26. The van der Waals surface area contributed by atoms with E-state index >= 15 is 0 Å². The van der Waals surface area contributed by atoms with Crippen LogP contribution in [0.15, 0.2) is 29.4 Å². The Kier molecular flexibility index (Phi) is 4.26. The van der Waals surface area contributed by atoms with Gasteiger partial charge in [-0.2, -0.15) is 0 Å². The van der Waals surface area contributed by atoms with E-state index in [0.29, 0.717) is 6.04 Å². The van der Waals surface area contributed by atoms with E-state index in [1.165, 1.54) is 24.0 Å². The minimum absolute atomic E-state index is 0.0852. The molecule has 2 N–H and O–H groups in total. The Morgan fingerprint density at radius 2 is 2.05 bits per heavy atom. The lowest BCUT2D eigenvalue weighted by Gasteiger charge is -2.22. The zero-order valence-corrected chi connectivity index (χ0v) is 13.3.